The van der Waals surface area contributed by atoms with Crippen LogP contribution in [0.5, 0.6) is 0 Å². The maximum atomic E-state index is 13.8. The number of rotatable bonds is 8. The van der Waals surface area contributed by atoms with Gasteiger partial charge in [-0.15, -0.1) is 0 Å². The van der Waals surface area contributed by atoms with Crippen molar-refractivity contribution in [3.63, 3.8) is 0 Å². The van der Waals surface area contributed by atoms with E-state index in [9.17, 15) is 14.7 Å². The van der Waals surface area contributed by atoms with Gasteiger partial charge in [-0.3, -0.25) is 4.79 Å². The summed E-state index contributed by atoms with van der Waals surface area (Å²) in [4.78, 5) is 25.2. The summed E-state index contributed by atoms with van der Waals surface area (Å²) < 4.78 is 18.2. The zero-order chi connectivity index (χ0) is 32.1. The van der Waals surface area contributed by atoms with Crippen LogP contribution >= 0.6 is 22.6 Å². The smallest absolute Gasteiger partial charge is 0.336 e. The summed E-state index contributed by atoms with van der Waals surface area (Å²) in [6.07, 6.45) is 6.38. The lowest BCUT2D eigenvalue weighted by Crippen LogP contribution is -2.65. The summed E-state index contributed by atoms with van der Waals surface area (Å²) in [7, 11) is 0. The molecule has 0 aliphatic heterocycles. The van der Waals surface area contributed by atoms with Crippen LogP contribution in [-0.2, 0) is 23.8 Å². The monoisotopic (exact) mass is 710 g/mol. The molecule has 0 bridgehead atoms. The molecule has 4 aliphatic carbocycles. The third-order valence-corrected chi connectivity index (χ3v) is 14.3. The van der Waals surface area contributed by atoms with Gasteiger partial charge in [0.1, 0.15) is 6.10 Å². The van der Waals surface area contributed by atoms with E-state index in [1.807, 2.05) is 6.92 Å². The van der Waals surface area contributed by atoms with Crippen molar-refractivity contribution >= 4 is 34.5 Å². The molecule has 4 rings (SSSR count). The largest absolute Gasteiger partial charge is 0.491 e. The minimum Gasteiger partial charge on any atom is -0.491 e. The first-order chi connectivity index (χ1) is 20.0. The minimum atomic E-state index is -0.497. The Morgan fingerprint density at radius 2 is 1.67 bits per heavy atom. The molecule has 242 valence electrons. The number of hydrogen-bond acceptors (Lipinski definition) is 6. The van der Waals surface area contributed by atoms with Crippen molar-refractivity contribution in [2.24, 2.45) is 45.8 Å². The molecular formula is C36H55IO6. The van der Waals surface area contributed by atoms with Crippen molar-refractivity contribution in [1.82, 2.24) is 0 Å². The van der Waals surface area contributed by atoms with Crippen LogP contribution in [0, 0.1) is 45.8 Å². The van der Waals surface area contributed by atoms with Gasteiger partial charge < -0.3 is 19.3 Å². The standard InChI is InChI=1S/C36H55IO6/c1-20(2)28(37)12-11-25(33(40)42-19-41-24(7)38)31-27-17-29(39)32-34(8)15-13-22(5)23(6)26(34)14-16-35(32,9)36(27,10)18-30(31)43-21(3)4/h22-23,26-27,29-30,32,39H,3,11-19H2,1-2,4-10H3/b31-25-/t22-,23+,26+,27+,29-,30?,32+,34+,35+,36+/m1/s1. The highest BCUT2D eigenvalue weighted by Crippen LogP contribution is 2.74. The number of ether oxygens (including phenoxy) is 3. The van der Waals surface area contributed by atoms with E-state index in [-0.39, 0.29) is 34.2 Å². The fourth-order valence-electron chi connectivity index (χ4n) is 10.3. The van der Waals surface area contributed by atoms with Gasteiger partial charge in [-0.1, -0.05) is 46.8 Å². The molecule has 0 radical (unpaired) electrons. The van der Waals surface area contributed by atoms with Gasteiger partial charge in [0.05, 0.1) is 11.9 Å². The number of hydrogen-bond donors (Lipinski definition) is 1. The third kappa shape index (κ3) is 6.12. The van der Waals surface area contributed by atoms with Crippen LogP contribution in [0.1, 0.15) is 114 Å². The Morgan fingerprint density at radius 3 is 2.28 bits per heavy atom. The summed E-state index contributed by atoms with van der Waals surface area (Å²) in [5, 5.41) is 12.2. The van der Waals surface area contributed by atoms with Gasteiger partial charge >= 0.3 is 11.9 Å². The van der Waals surface area contributed by atoms with Gasteiger partial charge in [0.25, 0.3) is 0 Å². The van der Waals surface area contributed by atoms with E-state index in [1.165, 1.54) is 28.9 Å². The molecule has 0 aromatic rings. The molecule has 7 heteroatoms. The molecule has 0 amide bonds. The Morgan fingerprint density at radius 1 is 1.00 bits per heavy atom. The van der Waals surface area contributed by atoms with Crippen LogP contribution in [0.4, 0.5) is 0 Å². The fourth-order valence-corrected chi connectivity index (χ4v) is 10.5. The topological polar surface area (TPSA) is 82.1 Å². The molecule has 0 aromatic carbocycles. The summed E-state index contributed by atoms with van der Waals surface area (Å²) >= 11 is 2.36. The van der Waals surface area contributed by atoms with E-state index in [0.717, 1.165) is 24.8 Å². The van der Waals surface area contributed by atoms with E-state index < -0.39 is 24.8 Å². The molecule has 4 aliphatic rings. The quantitative estimate of drug-likeness (QED) is 0.0893. The van der Waals surface area contributed by atoms with Crippen molar-refractivity contribution in [2.75, 3.05) is 6.79 Å². The summed E-state index contributed by atoms with van der Waals surface area (Å²) in [5.41, 5.74) is 2.53. The Kier molecular flexibility index (Phi) is 10.3. The highest BCUT2D eigenvalue weighted by Gasteiger charge is 2.70. The molecule has 0 spiro atoms. The number of fused-ring (bicyclic) bond motifs is 5. The van der Waals surface area contributed by atoms with Crippen molar-refractivity contribution in [1.29, 1.82) is 0 Å². The van der Waals surface area contributed by atoms with Crippen molar-refractivity contribution in [3.05, 3.63) is 32.6 Å². The molecule has 6 nitrogen and oxygen atoms in total. The first-order valence-corrected chi connectivity index (χ1v) is 17.4. The van der Waals surface area contributed by atoms with E-state index in [1.54, 1.807) is 0 Å². The maximum absolute atomic E-state index is 13.8. The number of halogens is 1. The zero-order valence-corrected chi connectivity index (χ0v) is 30.1. The third-order valence-electron chi connectivity index (χ3n) is 12.7. The highest BCUT2D eigenvalue weighted by atomic mass is 127. The molecule has 1 unspecified atom stereocenters. The Bertz CT molecular complexity index is 1180. The highest BCUT2D eigenvalue weighted by molar-refractivity contribution is 14.1. The summed E-state index contributed by atoms with van der Waals surface area (Å²) in [5.74, 6) is 1.77. The first-order valence-electron chi connectivity index (χ1n) is 16.3. The zero-order valence-electron chi connectivity index (χ0n) is 28.0. The average molecular weight is 711 g/mol. The van der Waals surface area contributed by atoms with Gasteiger partial charge in [-0.25, -0.2) is 4.79 Å². The van der Waals surface area contributed by atoms with E-state index in [4.69, 9.17) is 14.2 Å². The van der Waals surface area contributed by atoms with Crippen LogP contribution in [-0.4, -0.2) is 36.0 Å². The van der Waals surface area contributed by atoms with Crippen LogP contribution in [0.2, 0.25) is 0 Å². The van der Waals surface area contributed by atoms with Crippen LogP contribution in [0.25, 0.3) is 0 Å². The predicted octanol–water partition coefficient (Wildman–Crippen LogP) is 8.67. The van der Waals surface area contributed by atoms with E-state index >= 15 is 0 Å². The second kappa shape index (κ2) is 12.8. The minimum absolute atomic E-state index is 0.0335. The summed E-state index contributed by atoms with van der Waals surface area (Å²) in [6, 6.07) is 0. The number of carbonyl (C=O) groups excluding carboxylic acids is 2. The van der Waals surface area contributed by atoms with Gasteiger partial charge in [0.2, 0.25) is 6.79 Å². The van der Waals surface area contributed by atoms with E-state index in [2.05, 4.69) is 77.6 Å². The Hall–Kier alpha value is -1.35. The SMILES string of the molecule is C=C(C)OC1C[C@@]2(C)[C@@H](C[C@@H](O)[C@H]3[C@@]4(C)CC[C@@H](C)[C@H](C)[C@@H]4CC[C@@]32C)/C1=C(\CCC(I)=C(C)C)C(=O)OCOC(C)=O. The van der Waals surface area contributed by atoms with Gasteiger partial charge in [-0.2, -0.15) is 0 Å². The van der Waals surface area contributed by atoms with E-state index in [0.29, 0.717) is 48.3 Å². The molecule has 0 heterocycles. The van der Waals surface area contributed by atoms with Crippen LogP contribution < -0.4 is 0 Å². The fraction of sp³-hybridized carbons (Fsp3) is 0.778. The van der Waals surface area contributed by atoms with Gasteiger partial charge in [0.15, 0.2) is 0 Å². The van der Waals surface area contributed by atoms with Crippen molar-refractivity contribution in [3.8, 4) is 0 Å². The maximum Gasteiger partial charge on any atom is 0.336 e. The lowest BCUT2D eigenvalue weighted by Gasteiger charge is -2.69. The van der Waals surface area contributed by atoms with Crippen LogP contribution in [0.15, 0.2) is 32.6 Å². The number of aliphatic hydroxyl groups excluding tert-OH is 1. The lowest BCUT2D eigenvalue weighted by molar-refractivity contribution is -0.229. The molecule has 4 saturated carbocycles. The molecular weight excluding hydrogens is 655 g/mol. The normalized spacial score (nSPS) is 41.2. The Labute approximate surface area is 273 Å². The van der Waals surface area contributed by atoms with Crippen molar-refractivity contribution in [2.45, 2.75) is 126 Å². The number of esters is 2. The second-order valence-corrected chi connectivity index (χ2v) is 16.5. The molecule has 1 N–H and O–H groups in total. The van der Waals surface area contributed by atoms with Crippen LogP contribution in [0.3, 0.4) is 0 Å². The molecule has 10 atom stereocenters. The molecule has 0 aromatic heterocycles. The summed E-state index contributed by atoms with van der Waals surface area (Å²) in [6.45, 7) is 23.1. The number of aliphatic hydroxyl groups is 1. The first kappa shape index (κ1) is 34.5. The number of carbonyl (C=O) groups is 2. The molecule has 43 heavy (non-hydrogen) atoms. The van der Waals surface area contributed by atoms with Gasteiger partial charge in [-0.05, 0) is 150 Å². The van der Waals surface area contributed by atoms with Gasteiger partial charge in [0, 0.05) is 12.5 Å². The Balaban J connectivity index is 1.83. The second-order valence-electron chi connectivity index (χ2n) is 15.2. The number of allylic oxidation sites excluding steroid dienone is 3. The lowest BCUT2D eigenvalue weighted by atomic mass is 9.36. The molecule has 0 saturated heterocycles. The average Bonchev–Trinajstić information content (AvgIpc) is 3.17. The molecule has 4 fully saturated rings. The van der Waals surface area contributed by atoms with Crippen molar-refractivity contribution < 1.29 is 28.9 Å². The predicted molar refractivity (Wildman–Crippen MR) is 178 cm³/mol.